The summed E-state index contributed by atoms with van der Waals surface area (Å²) in [6.07, 6.45) is 2.84. The molecule has 2 aromatic rings. The van der Waals surface area contributed by atoms with Gasteiger partial charge in [0, 0.05) is 0 Å². The van der Waals surface area contributed by atoms with Gasteiger partial charge < -0.3 is 14.8 Å². The van der Waals surface area contributed by atoms with Crippen molar-refractivity contribution in [2.75, 3.05) is 11.9 Å². The van der Waals surface area contributed by atoms with Crippen molar-refractivity contribution < 1.29 is 23.9 Å². The number of hydrogen-bond acceptors (Lipinski definition) is 6. The van der Waals surface area contributed by atoms with E-state index < -0.39 is 18.5 Å². The van der Waals surface area contributed by atoms with Crippen LogP contribution in [0.4, 0.5) is 5.69 Å². The maximum atomic E-state index is 12.5. The highest BCUT2D eigenvalue weighted by molar-refractivity contribution is 7.12. The molecule has 1 fully saturated rings. The Hall–Kier alpha value is -2.38. The van der Waals surface area contributed by atoms with E-state index in [1.54, 1.807) is 17.5 Å². The Balaban J connectivity index is 1.57. The first kappa shape index (κ1) is 24.3. The van der Waals surface area contributed by atoms with Crippen molar-refractivity contribution in [3.63, 3.8) is 0 Å². The highest BCUT2D eigenvalue weighted by atomic mass is 35.5. The van der Waals surface area contributed by atoms with Crippen LogP contribution in [-0.4, -0.2) is 30.6 Å². The molecule has 0 radical (unpaired) electrons. The number of thiophene rings is 1. The topological polar surface area (TPSA) is 81.7 Å². The summed E-state index contributed by atoms with van der Waals surface area (Å²) < 4.78 is 10.8. The summed E-state index contributed by atoms with van der Waals surface area (Å²) in [5, 5.41) is 4.77. The fourth-order valence-electron chi connectivity index (χ4n) is 4.00. The van der Waals surface area contributed by atoms with Crippen LogP contribution in [0.5, 0.6) is 0 Å². The fourth-order valence-corrected chi connectivity index (χ4v) is 4.78. The van der Waals surface area contributed by atoms with Crippen LogP contribution in [0.3, 0.4) is 0 Å². The van der Waals surface area contributed by atoms with Crippen molar-refractivity contribution in [1.29, 1.82) is 0 Å². The summed E-state index contributed by atoms with van der Waals surface area (Å²) in [5.74, 6) is -0.332. The lowest BCUT2D eigenvalue weighted by atomic mass is 9.75. The first-order valence-electron chi connectivity index (χ1n) is 10.8. The molecule has 1 aliphatic rings. The minimum atomic E-state index is -0.692. The Labute approximate surface area is 197 Å². The van der Waals surface area contributed by atoms with Gasteiger partial charge in [0.2, 0.25) is 0 Å². The molecule has 3 atom stereocenters. The fraction of sp³-hybridized carbons (Fsp3) is 0.458. The molecule has 6 nitrogen and oxygen atoms in total. The van der Waals surface area contributed by atoms with E-state index in [0.717, 1.165) is 19.3 Å². The van der Waals surface area contributed by atoms with Crippen molar-refractivity contribution in [2.24, 2.45) is 17.8 Å². The van der Waals surface area contributed by atoms with Gasteiger partial charge in [-0.05, 0) is 60.2 Å². The number of ether oxygens (including phenoxy) is 2. The predicted octanol–water partition coefficient (Wildman–Crippen LogP) is 5.81. The zero-order valence-electron chi connectivity index (χ0n) is 18.4. The molecule has 32 heavy (non-hydrogen) atoms. The molecule has 8 heteroatoms. The van der Waals surface area contributed by atoms with Crippen LogP contribution >= 0.6 is 22.9 Å². The van der Waals surface area contributed by atoms with E-state index in [4.69, 9.17) is 21.1 Å². The number of hydrogen-bond donors (Lipinski definition) is 1. The van der Waals surface area contributed by atoms with E-state index in [-0.39, 0.29) is 28.3 Å². The normalized spacial score (nSPS) is 20.6. The Morgan fingerprint density at radius 1 is 1.22 bits per heavy atom. The van der Waals surface area contributed by atoms with E-state index in [1.165, 1.54) is 29.5 Å². The van der Waals surface area contributed by atoms with E-state index in [9.17, 15) is 14.4 Å². The largest absolute Gasteiger partial charge is 0.460 e. The van der Waals surface area contributed by atoms with Gasteiger partial charge >= 0.3 is 11.9 Å². The minimum absolute atomic E-state index is 0.153. The van der Waals surface area contributed by atoms with Gasteiger partial charge in [-0.15, -0.1) is 11.3 Å². The third kappa shape index (κ3) is 6.33. The Kier molecular flexibility index (Phi) is 8.32. The minimum Gasteiger partial charge on any atom is -0.460 e. The van der Waals surface area contributed by atoms with Crippen molar-refractivity contribution >= 4 is 46.5 Å². The number of nitrogens with one attached hydrogen (secondary N) is 1. The molecule has 3 unspecified atom stereocenters. The second kappa shape index (κ2) is 11.0. The highest BCUT2D eigenvalue weighted by Gasteiger charge is 2.33. The van der Waals surface area contributed by atoms with Crippen molar-refractivity contribution in [3.05, 3.63) is 51.2 Å². The van der Waals surface area contributed by atoms with Gasteiger partial charge in [0.15, 0.2) is 6.61 Å². The summed E-state index contributed by atoms with van der Waals surface area (Å²) in [6.45, 7) is 5.97. The maximum absolute atomic E-state index is 12.5. The van der Waals surface area contributed by atoms with Crippen LogP contribution in [-0.2, 0) is 14.3 Å². The number of esters is 2. The monoisotopic (exact) mass is 477 g/mol. The smallest absolute Gasteiger partial charge is 0.344 e. The number of benzene rings is 1. The Morgan fingerprint density at radius 3 is 2.69 bits per heavy atom. The number of carbonyl (C=O) groups excluding carboxylic acids is 3. The molecule has 1 amide bonds. The van der Waals surface area contributed by atoms with Crippen LogP contribution in [0.25, 0.3) is 0 Å². The van der Waals surface area contributed by atoms with Gasteiger partial charge in [0.05, 0.1) is 21.2 Å². The SMILES string of the molecule is CC1CCC(C(C)C)C(OC(=O)COC(=O)c2ccc(Cl)c(NC(=O)c3cccs3)c2)C1. The van der Waals surface area contributed by atoms with Crippen LogP contribution in [0.1, 0.15) is 60.1 Å². The summed E-state index contributed by atoms with van der Waals surface area (Å²) in [5.41, 5.74) is 0.466. The number of amides is 1. The van der Waals surface area contributed by atoms with E-state index in [1.807, 2.05) is 0 Å². The van der Waals surface area contributed by atoms with Crippen molar-refractivity contribution in [2.45, 2.75) is 46.1 Å². The summed E-state index contributed by atoms with van der Waals surface area (Å²) in [6, 6.07) is 7.87. The lowest BCUT2D eigenvalue weighted by molar-refractivity contribution is -0.159. The molecule has 0 bridgehead atoms. The third-order valence-corrected chi connectivity index (χ3v) is 6.96. The van der Waals surface area contributed by atoms with Crippen molar-refractivity contribution in [1.82, 2.24) is 0 Å². The molecule has 172 valence electrons. The molecule has 1 aliphatic carbocycles. The first-order chi connectivity index (χ1) is 15.2. The van der Waals surface area contributed by atoms with Gasteiger partial charge in [0.25, 0.3) is 5.91 Å². The zero-order valence-corrected chi connectivity index (χ0v) is 20.0. The van der Waals surface area contributed by atoms with Crippen LogP contribution in [0.2, 0.25) is 5.02 Å². The Morgan fingerprint density at radius 2 is 2.00 bits per heavy atom. The number of anilines is 1. The van der Waals surface area contributed by atoms with Gasteiger partial charge in [0.1, 0.15) is 6.10 Å². The number of carbonyl (C=O) groups is 3. The summed E-state index contributed by atoms with van der Waals surface area (Å²) in [7, 11) is 0. The molecule has 0 saturated heterocycles. The molecule has 0 aliphatic heterocycles. The highest BCUT2D eigenvalue weighted by Crippen LogP contribution is 2.35. The van der Waals surface area contributed by atoms with Gasteiger partial charge in [-0.1, -0.05) is 44.9 Å². The second-order valence-electron chi connectivity index (χ2n) is 8.56. The van der Waals surface area contributed by atoms with Crippen LogP contribution < -0.4 is 5.32 Å². The maximum Gasteiger partial charge on any atom is 0.344 e. The average molecular weight is 478 g/mol. The molecular formula is C24H28ClNO5S. The molecule has 0 spiro atoms. The predicted molar refractivity (Wildman–Crippen MR) is 125 cm³/mol. The number of halogens is 1. The molecule has 1 aromatic heterocycles. The summed E-state index contributed by atoms with van der Waals surface area (Å²) in [4.78, 5) is 37.6. The number of rotatable bonds is 7. The molecule has 1 heterocycles. The summed E-state index contributed by atoms with van der Waals surface area (Å²) >= 11 is 7.45. The zero-order chi connectivity index (χ0) is 23.3. The van der Waals surface area contributed by atoms with E-state index in [0.29, 0.717) is 22.6 Å². The van der Waals surface area contributed by atoms with Gasteiger partial charge in [-0.25, -0.2) is 9.59 Å². The van der Waals surface area contributed by atoms with Crippen LogP contribution in [0, 0.1) is 17.8 Å². The van der Waals surface area contributed by atoms with Crippen LogP contribution in [0.15, 0.2) is 35.7 Å². The molecular weight excluding hydrogens is 450 g/mol. The quantitative estimate of drug-likeness (QED) is 0.508. The standard InChI is InChI=1S/C24H28ClNO5S/c1-14(2)17-8-6-15(3)11-20(17)31-22(27)13-30-24(29)16-7-9-18(25)19(12-16)26-23(28)21-5-4-10-32-21/h4-5,7,9-10,12,14-15,17,20H,6,8,11,13H2,1-3H3,(H,26,28). The van der Waals surface area contributed by atoms with E-state index in [2.05, 4.69) is 26.1 Å². The Bertz CT molecular complexity index is 959. The molecule has 3 rings (SSSR count). The average Bonchev–Trinajstić information content (AvgIpc) is 3.28. The molecule has 1 aromatic carbocycles. The van der Waals surface area contributed by atoms with E-state index >= 15 is 0 Å². The first-order valence-corrected chi connectivity index (χ1v) is 12.0. The van der Waals surface area contributed by atoms with Gasteiger partial charge in [-0.2, -0.15) is 0 Å². The third-order valence-electron chi connectivity index (χ3n) is 5.76. The molecule has 1 saturated carbocycles. The molecule has 1 N–H and O–H groups in total. The second-order valence-corrected chi connectivity index (χ2v) is 9.91. The lowest BCUT2D eigenvalue weighted by Crippen LogP contribution is -2.36. The van der Waals surface area contributed by atoms with Gasteiger partial charge in [-0.3, -0.25) is 4.79 Å². The lowest BCUT2D eigenvalue weighted by Gasteiger charge is -2.36. The van der Waals surface area contributed by atoms with Crippen molar-refractivity contribution in [3.8, 4) is 0 Å².